The van der Waals surface area contributed by atoms with Gasteiger partial charge in [0.15, 0.2) is 0 Å². The third-order valence-electron chi connectivity index (χ3n) is 3.42. The van der Waals surface area contributed by atoms with E-state index in [-0.39, 0.29) is 16.7 Å². The minimum Gasteiger partial charge on any atom is -0.298 e. The Balaban J connectivity index is 2.19. The van der Waals surface area contributed by atoms with Crippen molar-refractivity contribution in [3.63, 3.8) is 0 Å². The minimum atomic E-state index is -0.0944. The highest BCUT2D eigenvalue weighted by Crippen LogP contribution is 2.62. The van der Waals surface area contributed by atoms with Gasteiger partial charge >= 0.3 is 0 Å². The Kier molecular flexibility index (Phi) is 1.59. The van der Waals surface area contributed by atoms with Gasteiger partial charge < -0.3 is 0 Å². The average molecular weight is 188 g/mol. The summed E-state index contributed by atoms with van der Waals surface area (Å²) in [5, 5.41) is 0. The van der Waals surface area contributed by atoms with E-state index in [0.29, 0.717) is 11.8 Å². The van der Waals surface area contributed by atoms with E-state index in [9.17, 15) is 4.79 Å². The van der Waals surface area contributed by atoms with Crippen LogP contribution in [0.15, 0.2) is 0 Å². The Morgan fingerprint density at radius 2 is 2.25 bits per heavy atom. The number of nitrogens with zero attached hydrogens (tertiary/aromatic N) is 1. The van der Waals surface area contributed by atoms with Crippen LogP contribution in [0.3, 0.4) is 0 Å². The number of alkyl halides is 1. The van der Waals surface area contributed by atoms with Crippen molar-refractivity contribution < 1.29 is 4.79 Å². The summed E-state index contributed by atoms with van der Waals surface area (Å²) in [5.74, 6) is 1.20. The normalized spacial score (nSPS) is 52.2. The summed E-state index contributed by atoms with van der Waals surface area (Å²) >= 11 is 6.23. The molecular weight excluding hydrogens is 174 g/mol. The van der Waals surface area contributed by atoms with Gasteiger partial charge in [-0.2, -0.15) is 0 Å². The molecule has 1 saturated heterocycles. The smallest absolute Gasteiger partial charge is 0.147 e. The number of likely N-dealkylation sites (N-methyl/N-ethyl adjacent to an activating group) is 1. The molecule has 2 nitrogen and oxygen atoms in total. The molecule has 0 aromatic carbocycles. The van der Waals surface area contributed by atoms with E-state index < -0.39 is 0 Å². The first-order chi connectivity index (χ1) is 5.46. The molecule has 0 spiro atoms. The molecule has 1 unspecified atom stereocenters. The number of hydrogen-bond acceptors (Lipinski definition) is 2. The molecule has 0 N–H and O–H groups in total. The highest BCUT2D eigenvalue weighted by Gasteiger charge is 2.69. The number of halogens is 1. The molecule has 2 aliphatic rings. The lowest BCUT2D eigenvalue weighted by atomic mass is 10.1. The zero-order chi connectivity index (χ0) is 9.09. The molecule has 1 saturated carbocycles. The maximum atomic E-state index is 11.3. The summed E-state index contributed by atoms with van der Waals surface area (Å²) in [7, 11) is 2.01. The molecular formula is C9H14ClNO. The van der Waals surface area contributed by atoms with Gasteiger partial charge in [-0.3, -0.25) is 9.69 Å². The summed E-state index contributed by atoms with van der Waals surface area (Å²) in [4.78, 5) is 13.3. The molecule has 4 atom stereocenters. The van der Waals surface area contributed by atoms with Gasteiger partial charge in [-0.25, -0.2) is 0 Å². The third kappa shape index (κ3) is 0.882. The largest absolute Gasteiger partial charge is 0.298 e. The predicted octanol–water partition coefficient (Wildman–Crippen LogP) is 1.13. The van der Waals surface area contributed by atoms with Gasteiger partial charge in [-0.05, 0) is 26.8 Å². The first kappa shape index (κ1) is 8.52. The maximum Gasteiger partial charge on any atom is 0.147 e. The van der Waals surface area contributed by atoms with Crippen LogP contribution in [-0.4, -0.2) is 35.2 Å². The van der Waals surface area contributed by atoms with E-state index in [4.69, 9.17) is 11.6 Å². The SMILES string of the molecule is CC(=O)[C@@H]1[C@@H]2[C@H](CN1C)C2(C)Cl. The second-order valence-electron chi connectivity index (χ2n) is 4.28. The van der Waals surface area contributed by atoms with Crippen molar-refractivity contribution in [3.05, 3.63) is 0 Å². The monoisotopic (exact) mass is 187 g/mol. The Hall–Kier alpha value is -0.0800. The zero-order valence-electron chi connectivity index (χ0n) is 7.67. The Morgan fingerprint density at radius 3 is 2.58 bits per heavy atom. The topological polar surface area (TPSA) is 20.3 Å². The molecule has 12 heavy (non-hydrogen) atoms. The Morgan fingerprint density at radius 1 is 1.67 bits per heavy atom. The van der Waals surface area contributed by atoms with E-state index in [1.807, 2.05) is 14.0 Å². The molecule has 1 aliphatic carbocycles. The van der Waals surface area contributed by atoms with Crippen LogP contribution >= 0.6 is 11.6 Å². The lowest BCUT2D eigenvalue weighted by Gasteiger charge is -2.23. The van der Waals surface area contributed by atoms with Crippen LogP contribution in [0.2, 0.25) is 0 Å². The molecule has 0 amide bonds. The zero-order valence-corrected chi connectivity index (χ0v) is 8.43. The number of ketones is 1. The van der Waals surface area contributed by atoms with Crippen molar-refractivity contribution in [1.82, 2.24) is 4.90 Å². The van der Waals surface area contributed by atoms with Crippen LogP contribution in [0.4, 0.5) is 0 Å². The molecule has 2 rings (SSSR count). The van der Waals surface area contributed by atoms with Crippen LogP contribution in [0.1, 0.15) is 13.8 Å². The van der Waals surface area contributed by atoms with Gasteiger partial charge in [0.2, 0.25) is 0 Å². The van der Waals surface area contributed by atoms with Gasteiger partial charge in [0.1, 0.15) is 5.78 Å². The van der Waals surface area contributed by atoms with Gasteiger partial charge in [-0.1, -0.05) is 0 Å². The minimum absolute atomic E-state index is 0.0810. The second-order valence-corrected chi connectivity index (χ2v) is 5.09. The summed E-state index contributed by atoms with van der Waals surface area (Å²) < 4.78 is 0. The Bertz CT molecular complexity index is 239. The van der Waals surface area contributed by atoms with Crippen molar-refractivity contribution in [2.75, 3.05) is 13.6 Å². The average Bonchev–Trinajstić information content (AvgIpc) is 2.40. The molecule has 0 aromatic rings. The lowest BCUT2D eigenvalue weighted by Crippen LogP contribution is -2.38. The number of fused-ring (bicyclic) bond motifs is 1. The quantitative estimate of drug-likeness (QED) is 0.574. The molecule has 0 radical (unpaired) electrons. The Labute approximate surface area is 77.9 Å². The lowest BCUT2D eigenvalue weighted by molar-refractivity contribution is -0.121. The first-order valence-electron chi connectivity index (χ1n) is 4.36. The fraction of sp³-hybridized carbons (Fsp3) is 0.889. The van der Waals surface area contributed by atoms with E-state index >= 15 is 0 Å². The summed E-state index contributed by atoms with van der Waals surface area (Å²) in [5.41, 5.74) is 0. The fourth-order valence-electron chi connectivity index (χ4n) is 2.68. The number of carbonyl (C=O) groups is 1. The van der Waals surface area contributed by atoms with E-state index in [1.54, 1.807) is 6.92 Å². The highest BCUT2D eigenvalue weighted by molar-refractivity contribution is 6.27. The summed E-state index contributed by atoms with van der Waals surface area (Å²) in [6.45, 7) is 4.69. The highest BCUT2D eigenvalue weighted by atomic mass is 35.5. The second kappa shape index (κ2) is 2.24. The van der Waals surface area contributed by atoms with Crippen LogP contribution in [0.25, 0.3) is 0 Å². The van der Waals surface area contributed by atoms with E-state index in [2.05, 4.69) is 4.90 Å². The number of carbonyl (C=O) groups excluding carboxylic acids is 1. The number of Topliss-reactive ketones (excluding diaryl/α,β-unsaturated/α-hetero) is 1. The van der Waals surface area contributed by atoms with Gasteiger partial charge in [0.05, 0.1) is 10.9 Å². The molecule has 2 fully saturated rings. The summed E-state index contributed by atoms with van der Waals surface area (Å²) in [6.07, 6.45) is 0. The van der Waals surface area contributed by atoms with Crippen molar-refractivity contribution in [2.24, 2.45) is 11.8 Å². The standard InChI is InChI=1S/C9H14ClNO/c1-5(12)8-7-6(4-11(8)3)9(7,2)10/h6-8H,4H2,1-3H3/t6-,7-,8+,9?/m0/s1. The van der Waals surface area contributed by atoms with Crippen LogP contribution in [0.5, 0.6) is 0 Å². The fourth-order valence-corrected chi connectivity index (χ4v) is 3.10. The first-order valence-corrected chi connectivity index (χ1v) is 4.73. The molecule has 0 aromatic heterocycles. The van der Waals surface area contributed by atoms with Gasteiger partial charge in [0, 0.05) is 12.5 Å². The molecule has 1 heterocycles. The van der Waals surface area contributed by atoms with Crippen molar-refractivity contribution in [2.45, 2.75) is 24.8 Å². The molecule has 68 valence electrons. The van der Waals surface area contributed by atoms with Crippen LogP contribution < -0.4 is 0 Å². The van der Waals surface area contributed by atoms with Gasteiger partial charge in [-0.15, -0.1) is 11.6 Å². The van der Waals surface area contributed by atoms with E-state index in [1.165, 1.54) is 0 Å². The van der Waals surface area contributed by atoms with Gasteiger partial charge in [0.25, 0.3) is 0 Å². The number of likely N-dealkylation sites (tertiary alicyclic amines) is 1. The van der Waals surface area contributed by atoms with Crippen molar-refractivity contribution in [1.29, 1.82) is 0 Å². The summed E-state index contributed by atoms with van der Waals surface area (Å²) in [6, 6.07) is 0.0810. The third-order valence-corrected chi connectivity index (χ3v) is 3.95. The maximum absolute atomic E-state index is 11.3. The number of piperidine rings is 1. The van der Waals surface area contributed by atoms with Crippen molar-refractivity contribution in [3.8, 4) is 0 Å². The van der Waals surface area contributed by atoms with Crippen molar-refractivity contribution >= 4 is 17.4 Å². The van der Waals surface area contributed by atoms with Crippen LogP contribution in [0, 0.1) is 11.8 Å². The molecule has 1 aliphatic heterocycles. The van der Waals surface area contributed by atoms with E-state index in [0.717, 1.165) is 6.54 Å². The molecule has 0 bridgehead atoms. The molecule has 3 heteroatoms. The predicted molar refractivity (Wildman–Crippen MR) is 48.3 cm³/mol. The van der Waals surface area contributed by atoms with Crippen LogP contribution in [-0.2, 0) is 4.79 Å². The number of hydrogen-bond donors (Lipinski definition) is 0. The number of rotatable bonds is 1.